The molecule has 0 aliphatic carbocycles. The van der Waals surface area contributed by atoms with Gasteiger partial charge in [-0.3, -0.25) is 4.98 Å². The number of hydrogen-bond acceptors (Lipinski definition) is 3. The van der Waals surface area contributed by atoms with E-state index < -0.39 is 0 Å². The van der Waals surface area contributed by atoms with Crippen molar-refractivity contribution in [3.8, 4) is 0 Å². The summed E-state index contributed by atoms with van der Waals surface area (Å²) in [4.78, 5) is 7.54. The molecule has 0 saturated heterocycles. The van der Waals surface area contributed by atoms with Crippen LogP contribution < -0.4 is 0 Å². The largest absolute Gasteiger partial charge is 0.427 e. The zero-order valence-electron chi connectivity index (χ0n) is 7.41. The first-order valence-electron chi connectivity index (χ1n) is 3.77. The van der Waals surface area contributed by atoms with Gasteiger partial charge in [0.1, 0.15) is 0 Å². The van der Waals surface area contributed by atoms with Gasteiger partial charge in [-0.05, 0) is 18.6 Å². The maximum Gasteiger partial charge on any atom is 0.191 e. The minimum atomic E-state index is 0. The second-order valence-electron chi connectivity index (χ2n) is 2.45. The molecule has 0 aliphatic heterocycles. The van der Waals surface area contributed by atoms with E-state index in [9.17, 15) is 0 Å². The second-order valence-corrected chi connectivity index (χ2v) is 3.53. The third kappa shape index (κ3) is 3.39. The molecule has 0 atom stereocenters. The molecule has 0 fully saturated rings. The summed E-state index contributed by atoms with van der Waals surface area (Å²) in [5.41, 5.74) is 1.97. The Morgan fingerprint density at radius 1 is 1.64 bits per heavy atom. The molecule has 0 amide bonds. The number of nitrogens with zero attached hydrogens (tertiary/aromatic N) is 2. The number of rotatable bonds is 2. The summed E-state index contributed by atoms with van der Waals surface area (Å²) in [6, 6.07) is 3.38. The summed E-state index contributed by atoms with van der Waals surface area (Å²) in [5.74, 6) is 0. The molecule has 1 aromatic heterocycles. The molecule has 2 nitrogen and oxygen atoms in total. The molecule has 0 bridgehead atoms. The van der Waals surface area contributed by atoms with Gasteiger partial charge < -0.3 is 24.8 Å². The molecule has 14 heavy (non-hydrogen) atoms. The van der Waals surface area contributed by atoms with Crippen LogP contribution in [0.5, 0.6) is 0 Å². The number of pyridine rings is 1. The van der Waals surface area contributed by atoms with Crippen molar-refractivity contribution in [3.63, 3.8) is 0 Å². The van der Waals surface area contributed by atoms with Crippen LogP contribution in [0.25, 0.3) is 4.85 Å². The van der Waals surface area contributed by atoms with Crippen LogP contribution in [0.15, 0.2) is 12.1 Å². The zero-order chi connectivity index (χ0) is 9.84. The summed E-state index contributed by atoms with van der Waals surface area (Å²) < 4.78 is 0.320. The van der Waals surface area contributed by atoms with Gasteiger partial charge in [0, 0.05) is 31.5 Å². The van der Waals surface area contributed by atoms with E-state index in [1.165, 1.54) is 0 Å². The van der Waals surface area contributed by atoms with Gasteiger partial charge in [-0.1, -0.05) is 6.92 Å². The fourth-order valence-corrected chi connectivity index (χ4v) is 1.13. The van der Waals surface area contributed by atoms with Gasteiger partial charge in [0.05, 0.1) is 6.57 Å². The van der Waals surface area contributed by atoms with Crippen LogP contribution >= 0.6 is 12.2 Å². The summed E-state index contributed by atoms with van der Waals surface area (Å²) in [5, 5.41) is 0. The van der Waals surface area contributed by atoms with Crippen molar-refractivity contribution in [3.05, 3.63) is 34.9 Å². The molecule has 1 radical (unpaired) electrons. The normalized spacial score (nSPS) is 8.57. The van der Waals surface area contributed by atoms with Gasteiger partial charge in [0.2, 0.25) is 0 Å². The van der Waals surface area contributed by atoms with Crippen molar-refractivity contribution in [1.29, 1.82) is 0 Å². The van der Waals surface area contributed by atoms with Crippen LogP contribution in [-0.2, 0) is 39.2 Å². The van der Waals surface area contributed by atoms with E-state index in [0.717, 1.165) is 12.1 Å². The summed E-state index contributed by atoms with van der Waals surface area (Å²) in [7, 11) is 0. The first-order chi connectivity index (χ1) is 6.17. The first-order valence-corrected chi connectivity index (χ1v) is 4.58. The minimum absolute atomic E-state index is 0. The van der Waals surface area contributed by atoms with Gasteiger partial charge >= 0.3 is 0 Å². The van der Waals surface area contributed by atoms with E-state index in [-0.39, 0.29) is 20.1 Å². The molecule has 0 aliphatic rings. The van der Waals surface area contributed by atoms with Crippen LogP contribution in [0, 0.1) is 6.57 Å². The molecule has 0 unspecified atom stereocenters. The van der Waals surface area contributed by atoms with Crippen molar-refractivity contribution in [1.82, 2.24) is 4.98 Å². The van der Waals surface area contributed by atoms with Crippen molar-refractivity contribution >= 4 is 34.7 Å². The molecule has 0 spiro atoms. The van der Waals surface area contributed by atoms with Crippen molar-refractivity contribution in [2.24, 2.45) is 0 Å². The number of aryl methyl sites for hydroxylation is 1. The van der Waals surface area contributed by atoms with E-state index in [1.807, 2.05) is 6.92 Å². The standard InChI is InChI=1S/C9H8N2S2.Ir/c1-3-6-4-7(10-2)5-8(11-6)9(12)13;/h4-5H,3H2,1H3,(H,12,13);/p-1. The average Bonchev–Trinajstić information content (AvgIpc) is 2.16. The number of aromatic nitrogens is 1. The molecular weight excluding hydrogens is 392 g/mol. The Balaban J connectivity index is 0.00000169. The van der Waals surface area contributed by atoms with E-state index >= 15 is 0 Å². The predicted octanol–water partition coefficient (Wildman–Crippen LogP) is 2.41. The van der Waals surface area contributed by atoms with E-state index in [1.54, 1.807) is 12.1 Å². The monoisotopic (exact) mass is 400 g/mol. The third-order valence-electron chi connectivity index (χ3n) is 1.56. The van der Waals surface area contributed by atoms with Crippen molar-refractivity contribution < 1.29 is 20.1 Å². The molecule has 5 heteroatoms. The topological polar surface area (TPSA) is 17.2 Å². The van der Waals surface area contributed by atoms with Gasteiger partial charge in [0.25, 0.3) is 0 Å². The van der Waals surface area contributed by atoms with E-state index in [4.69, 9.17) is 31.4 Å². The van der Waals surface area contributed by atoms with Crippen molar-refractivity contribution in [2.45, 2.75) is 13.3 Å². The maximum atomic E-state index is 6.87. The molecular formula is C9H7IrN2S2-. The Bertz CT molecular complexity index is 385. The summed E-state index contributed by atoms with van der Waals surface area (Å²) >= 11 is 9.65. The SMILES string of the molecule is [C-]#[N+]c1cc(CC)nc(C(=S)[S-])c1.[Ir]. The number of hydrogen-bond donors (Lipinski definition) is 0. The van der Waals surface area contributed by atoms with Crippen LogP contribution in [0.4, 0.5) is 5.69 Å². The van der Waals surface area contributed by atoms with Crippen LogP contribution in [0.2, 0.25) is 0 Å². The van der Waals surface area contributed by atoms with E-state index in [2.05, 4.69) is 9.83 Å². The van der Waals surface area contributed by atoms with Crippen LogP contribution in [0.3, 0.4) is 0 Å². The molecule has 0 aromatic carbocycles. The zero-order valence-corrected chi connectivity index (χ0v) is 11.4. The first kappa shape index (κ1) is 13.6. The molecule has 1 rings (SSSR count). The Hall–Kier alpha value is -0.401. The summed E-state index contributed by atoms with van der Waals surface area (Å²) in [6.45, 7) is 8.85. The minimum Gasteiger partial charge on any atom is -0.427 e. The fourth-order valence-electron chi connectivity index (χ4n) is 0.922. The van der Waals surface area contributed by atoms with Gasteiger partial charge in [-0.15, -0.1) is 4.20 Å². The smallest absolute Gasteiger partial charge is 0.191 e. The molecule has 1 aromatic rings. The second kappa shape index (κ2) is 6.15. The molecule has 0 saturated carbocycles. The average molecular weight is 400 g/mol. The molecule has 0 N–H and O–H groups in total. The van der Waals surface area contributed by atoms with Gasteiger partial charge in [0.15, 0.2) is 5.69 Å². The van der Waals surface area contributed by atoms with Gasteiger partial charge in [-0.2, -0.15) is 0 Å². The quantitative estimate of drug-likeness (QED) is 0.432. The fraction of sp³-hybridized carbons (Fsp3) is 0.222. The Kier molecular flexibility index (Phi) is 5.98. The van der Waals surface area contributed by atoms with Crippen LogP contribution in [0.1, 0.15) is 18.3 Å². The molecule has 1 heterocycles. The maximum absolute atomic E-state index is 6.87. The summed E-state index contributed by atoms with van der Waals surface area (Å²) in [6.07, 6.45) is 0.786. The third-order valence-corrected chi connectivity index (χ3v) is 1.98. The molecule has 75 valence electrons. The van der Waals surface area contributed by atoms with Gasteiger partial charge in [-0.25, -0.2) is 4.85 Å². The van der Waals surface area contributed by atoms with Crippen molar-refractivity contribution in [2.75, 3.05) is 0 Å². The Morgan fingerprint density at radius 2 is 2.29 bits per heavy atom. The Labute approximate surface area is 108 Å². The Morgan fingerprint density at radius 3 is 2.71 bits per heavy atom. The predicted molar refractivity (Wildman–Crippen MR) is 58.9 cm³/mol. The van der Waals surface area contributed by atoms with E-state index in [0.29, 0.717) is 15.6 Å². The number of thiocarbonyl (C=S) groups is 1. The van der Waals surface area contributed by atoms with Crippen LogP contribution in [-0.4, -0.2) is 9.18 Å².